The van der Waals surface area contributed by atoms with Crippen molar-refractivity contribution >= 4 is 17.7 Å². The molecule has 0 aromatic rings. The van der Waals surface area contributed by atoms with Crippen LogP contribution >= 0.6 is 11.8 Å². The lowest BCUT2D eigenvalue weighted by atomic mass is 10.8. The predicted octanol–water partition coefficient (Wildman–Crippen LogP) is -0.836. The van der Waals surface area contributed by atoms with E-state index >= 15 is 0 Å². The lowest BCUT2D eigenvalue weighted by molar-refractivity contribution is -0.115. The van der Waals surface area contributed by atoms with Gasteiger partial charge in [-0.2, -0.15) is 11.8 Å². The highest BCUT2D eigenvalue weighted by Crippen LogP contribution is 1.94. The molecule has 0 unspecified atom stereocenters. The molecule has 3 nitrogen and oxygen atoms in total. The highest BCUT2D eigenvalue weighted by Gasteiger charge is 1.90. The molecule has 0 atom stereocenters. The van der Waals surface area contributed by atoms with Gasteiger partial charge in [0.1, 0.15) is 0 Å². The van der Waals surface area contributed by atoms with Gasteiger partial charge >= 0.3 is 0 Å². The van der Waals surface area contributed by atoms with E-state index < -0.39 is 0 Å². The quantitative estimate of drug-likeness (QED) is 0.493. The van der Waals surface area contributed by atoms with Crippen molar-refractivity contribution in [2.24, 2.45) is 11.5 Å². The summed E-state index contributed by atoms with van der Waals surface area (Å²) in [5, 5.41) is 0. The predicted molar refractivity (Wildman–Crippen MR) is 35.6 cm³/mol. The third-order valence-electron chi connectivity index (χ3n) is 0.507. The van der Waals surface area contributed by atoms with Crippen molar-refractivity contribution in [3.8, 4) is 0 Å². The summed E-state index contributed by atoms with van der Waals surface area (Å²) in [5.41, 5.74) is 9.97. The second-order valence-electron chi connectivity index (χ2n) is 1.31. The third kappa shape index (κ3) is 5.78. The zero-order valence-corrected chi connectivity index (χ0v) is 5.41. The number of carbonyl (C=O) groups excluding carboxylic acids is 1. The topological polar surface area (TPSA) is 69.1 Å². The molecule has 0 saturated carbocycles. The Bertz CT molecular complexity index is 76.4. The zero-order valence-electron chi connectivity index (χ0n) is 4.59. The number of hydrogen-bond acceptors (Lipinski definition) is 3. The average Bonchev–Trinajstić information content (AvgIpc) is 1.66. The first-order valence-corrected chi connectivity index (χ1v) is 3.49. The third-order valence-corrected chi connectivity index (χ3v) is 1.52. The Morgan fingerprint density at radius 1 is 1.62 bits per heavy atom. The maximum atomic E-state index is 10.0. The molecule has 0 bridgehead atoms. The van der Waals surface area contributed by atoms with Crippen molar-refractivity contribution in [3.63, 3.8) is 0 Å². The molecule has 0 rings (SSSR count). The smallest absolute Gasteiger partial charge is 0.227 e. The van der Waals surface area contributed by atoms with Crippen molar-refractivity contribution in [2.75, 3.05) is 18.1 Å². The van der Waals surface area contributed by atoms with E-state index in [1.165, 1.54) is 11.8 Å². The normalized spacial score (nSPS) is 9.12. The highest BCUT2D eigenvalue weighted by molar-refractivity contribution is 7.99. The van der Waals surface area contributed by atoms with E-state index in [-0.39, 0.29) is 5.91 Å². The van der Waals surface area contributed by atoms with Crippen LogP contribution in [-0.4, -0.2) is 24.0 Å². The number of carbonyl (C=O) groups is 1. The molecule has 0 heterocycles. The fraction of sp³-hybridized carbons (Fsp3) is 0.750. The van der Waals surface area contributed by atoms with Crippen LogP contribution in [0.15, 0.2) is 0 Å². The van der Waals surface area contributed by atoms with Gasteiger partial charge in [0, 0.05) is 12.3 Å². The Kier molecular flexibility index (Phi) is 4.79. The summed E-state index contributed by atoms with van der Waals surface area (Å²) < 4.78 is 0. The molecule has 0 saturated heterocycles. The van der Waals surface area contributed by atoms with E-state index in [9.17, 15) is 4.79 Å². The van der Waals surface area contributed by atoms with Gasteiger partial charge in [-0.15, -0.1) is 0 Å². The van der Waals surface area contributed by atoms with E-state index in [1.807, 2.05) is 0 Å². The molecule has 4 N–H and O–H groups in total. The second-order valence-corrected chi connectivity index (χ2v) is 2.41. The van der Waals surface area contributed by atoms with Gasteiger partial charge in [-0.25, -0.2) is 0 Å². The first-order valence-electron chi connectivity index (χ1n) is 2.33. The molecular weight excluding hydrogens is 124 g/mol. The SMILES string of the molecule is NCCSCC(N)=O. The molecule has 0 aliphatic heterocycles. The molecule has 1 amide bonds. The molecular formula is C4H10N2OS. The Morgan fingerprint density at radius 2 is 2.25 bits per heavy atom. The van der Waals surface area contributed by atoms with Gasteiger partial charge < -0.3 is 11.5 Å². The van der Waals surface area contributed by atoms with E-state index in [2.05, 4.69) is 0 Å². The zero-order chi connectivity index (χ0) is 6.41. The minimum atomic E-state index is -0.275. The van der Waals surface area contributed by atoms with Crippen LogP contribution in [0.1, 0.15) is 0 Å². The Balaban J connectivity index is 2.82. The van der Waals surface area contributed by atoms with Crippen LogP contribution < -0.4 is 11.5 Å². The lowest BCUT2D eigenvalue weighted by Crippen LogP contribution is -2.14. The van der Waals surface area contributed by atoms with Gasteiger partial charge in [0.15, 0.2) is 0 Å². The van der Waals surface area contributed by atoms with Crippen LogP contribution in [-0.2, 0) is 4.79 Å². The molecule has 0 aromatic carbocycles. The fourth-order valence-electron chi connectivity index (χ4n) is 0.256. The van der Waals surface area contributed by atoms with Crippen molar-refractivity contribution in [2.45, 2.75) is 0 Å². The summed E-state index contributed by atoms with van der Waals surface area (Å²) >= 11 is 1.46. The lowest BCUT2D eigenvalue weighted by Gasteiger charge is -1.91. The van der Waals surface area contributed by atoms with E-state index in [0.717, 1.165) is 5.75 Å². The minimum Gasteiger partial charge on any atom is -0.369 e. The number of thioether (sulfide) groups is 1. The molecule has 0 radical (unpaired) electrons. The number of nitrogens with two attached hydrogens (primary N) is 2. The maximum Gasteiger partial charge on any atom is 0.227 e. The van der Waals surface area contributed by atoms with E-state index in [0.29, 0.717) is 12.3 Å². The average molecular weight is 134 g/mol. The van der Waals surface area contributed by atoms with E-state index in [1.54, 1.807) is 0 Å². The van der Waals surface area contributed by atoms with Crippen LogP contribution in [0, 0.1) is 0 Å². The van der Waals surface area contributed by atoms with Gasteiger partial charge in [0.05, 0.1) is 5.75 Å². The first kappa shape index (κ1) is 7.78. The summed E-state index contributed by atoms with van der Waals surface area (Å²) in [5.74, 6) is 0.920. The number of rotatable bonds is 4. The summed E-state index contributed by atoms with van der Waals surface area (Å²) in [7, 11) is 0. The van der Waals surface area contributed by atoms with Crippen molar-refractivity contribution < 1.29 is 4.79 Å². The van der Waals surface area contributed by atoms with Gasteiger partial charge in [-0.3, -0.25) is 4.79 Å². The van der Waals surface area contributed by atoms with Gasteiger partial charge in [0.25, 0.3) is 0 Å². The van der Waals surface area contributed by atoms with Crippen LogP contribution in [0.3, 0.4) is 0 Å². The molecule has 4 heteroatoms. The first-order chi connectivity index (χ1) is 3.77. The van der Waals surface area contributed by atoms with Crippen molar-refractivity contribution in [1.82, 2.24) is 0 Å². The maximum absolute atomic E-state index is 10.0. The number of primary amides is 1. The van der Waals surface area contributed by atoms with Crippen LogP contribution in [0.4, 0.5) is 0 Å². The minimum absolute atomic E-state index is 0.275. The fourth-order valence-corrected chi connectivity index (χ4v) is 0.768. The molecule has 0 aromatic heterocycles. The number of hydrogen-bond donors (Lipinski definition) is 2. The van der Waals surface area contributed by atoms with Crippen LogP contribution in [0.5, 0.6) is 0 Å². The van der Waals surface area contributed by atoms with Gasteiger partial charge in [-0.1, -0.05) is 0 Å². The summed E-state index contributed by atoms with van der Waals surface area (Å²) in [6, 6.07) is 0. The Hall–Kier alpha value is -0.220. The monoisotopic (exact) mass is 134 g/mol. The Labute approximate surface area is 52.8 Å². The van der Waals surface area contributed by atoms with Crippen LogP contribution in [0.25, 0.3) is 0 Å². The molecule has 0 aliphatic rings. The van der Waals surface area contributed by atoms with Crippen molar-refractivity contribution in [3.05, 3.63) is 0 Å². The Morgan fingerprint density at radius 3 is 2.62 bits per heavy atom. The summed E-state index contributed by atoms with van der Waals surface area (Å²) in [6.45, 7) is 0.609. The number of amides is 1. The summed E-state index contributed by atoms with van der Waals surface area (Å²) in [4.78, 5) is 10.0. The van der Waals surface area contributed by atoms with Crippen molar-refractivity contribution in [1.29, 1.82) is 0 Å². The highest BCUT2D eigenvalue weighted by atomic mass is 32.2. The molecule has 0 aliphatic carbocycles. The molecule has 0 fully saturated rings. The second kappa shape index (κ2) is 4.93. The van der Waals surface area contributed by atoms with E-state index in [4.69, 9.17) is 11.5 Å². The largest absolute Gasteiger partial charge is 0.369 e. The molecule has 8 heavy (non-hydrogen) atoms. The molecule has 0 spiro atoms. The van der Waals surface area contributed by atoms with Crippen LogP contribution in [0.2, 0.25) is 0 Å². The van der Waals surface area contributed by atoms with Gasteiger partial charge in [0.2, 0.25) is 5.91 Å². The summed E-state index contributed by atoms with van der Waals surface area (Å²) in [6.07, 6.45) is 0. The van der Waals surface area contributed by atoms with Gasteiger partial charge in [-0.05, 0) is 0 Å². The molecule has 48 valence electrons. The standard InChI is InChI=1S/C4H10N2OS/c5-1-2-8-3-4(6)7/h1-3,5H2,(H2,6,7).